The van der Waals surface area contributed by atoms with E-state index in [9.17, 15) is 10.2 Å². The molecule has 8 N–H and O–H groups in total. The molecule has 0 aliphatic heterocycles. The quantitative estimate of drug-likeness (QED) is 0.147. The van der Waals surface area contributed by atoms with Crippen molar-refractivity contribution < 1.29 is 107 Å². The van der Waals surface area contributed by atoms with Gasteiger partial charge in [-0.1, -0.05) is 0 Å². The Morgan fingerprint density at radius 2 is 0.594 bits per heavy atom. The van der Waals surface area contributed by atoms with E-state index in [1.54, 1.807) is 0 Å². The first-order valence-corrected chi connectivity index (χ1v) is 10.8. The Labute approximate surface area is 217 Å². The molecule has 0 aliphatic rings. The molecule has 0 saturated heterocycles. The van der Waals surface area contributed by atoms with Crippen molar-refractivity contribution in [3.63, 3.8) is 0 Å². The second-order valence-corrected chi connectivity index (χ2v) is 6.51. The van der Waals surface area contributed by atoms with Crippen molar-refractivity contribution >= 4 is 0 Å². The third-order valence-electron chi connectivity index (χ3n) is 2.60. The summed E-state index contributed by atoms with van der Waals surface area (Å²) in [5, 5.41) is 20.3. The number of halogens is 2. The van der Waals surface area contributed by atoms with Crippen LogP contribution >= 0.6 is 0 Å². The molecule has 32 heavy (non-hydrogen) atoms. The topological polar surface area (TPSA) is 341 Å². The van der Waals surface area contributed by atoms with Crippen LogP contribution in [-0.4, -0.2) is 88.5 Å². The zero-order valence-corrected chi connectivity index (χ0v) is 25.4. The van der Waals surface area contributed by atoms with Crippen LogP contribution in [0.1, 0.15) is 0 Å². The van der Waals surface area contributed by atoms with Gasteiger partial charge in [-0.3, -0.25) is 0 Å². The first-order chi connectivity index (χ1) is 13.7. The van der Waals surface area contributed by atoms with Crippen LogP contribution in [0.4, 0.5) is 0 Å². The molecule has 0 aromatic rings. The van der Waals surface area contributed by atoms with E-state index in [0.29, 0.717) is 39.3 Å². The Balaban J connectivity index is -0.0000000724. The zero-order chi connectivity index (χ0) is 24.6. The summed E-state index contributed by atoms with van der Waals surface area (Å²) < 4.78 is 67.9. The minimum Gasteiger partial charge on any atom is -0.854 e. The monoisotopic (exact) mass is 618 g/mol. The fourth-order valence-electron chi connectivity index (χ4n) is 1.66. The largest absolute Gasteiger partial charge is 2.00 e. The molecule has 0 atom stereocenters. The fourth-order valence-corrected chi connectivity index (χ4v) is 1.66. The second kappa shape index (κ2) is 32.2. The van der Waals surface area contributed by atoms with Gasteiger partial charge in [0.1, 0.15) is 0 Å². The third kappa shape index (κ3) is 77.2. The molecule has 0 heterocycles. The number of hydrogen-bond donors (Lipinski definition) is 4. The molecule has 0 aliphatic carbocycles. The minimum absolute atomic E-state index is 0. The summed E-state index contributed by atoms with van der Waals surface area (Å²) in [6.45, 7) is 6.49. The van der Waals surface area contributed by atoms with E-state index in [4.69, 9.17) is 60.2 Å². The summed E-state index contributed by atoms with van der Waals surface area (Å²) in [5.41, 5.74) is 21.2. The van der Waals surface area contributed by atoms with Crippen LogP contribution in [0.25, 0.3) is 0 Å². The van der Waals surface area contributed by atoms with Crippen LogP contribution in [0.5, 0.6) is 0 Å². The van der Waals surface area contributed by atoms with E-state index in [1.165, 1.54) is 0 Å². The smallest absolute Gasteiger partial charge is 0.854 e. The van der Waals surface area contributed by atoms with Crippen molar-refractivity contribution in [2.75, 3.05) is 78.7 Å². The Morgan fingerprint density at radius 3 is 0.688 bits per heavy atom. The van der Waals surface area contributed by atoms with Gasteiger partial charge in [0.05, 0.1) is 0 Å². The molecule has 0 spiro atoms. The molecule has 20 heteroatoms. The number of rotatable bonds is 12. The van der Waals surface area contributed by atoms with E-state index >= 15 is 0 Å². The van der Waals surface area contributed by atoms with Crippen LogP contribution in [0.3, 0.4) is 0 Å². The van der Waals surface area contributed by atoms with Crippen molar-refractivity contribution in [1.82, 2.24) is 9.80 Å². The van der Waals surface area contributed by atoms with E-state index in [0.717, 1.165) is 26.2 Å². The summed E-state index contributed by atoms with van der Waals surface area (Å²) in [7, 11) is -9.89. The van der Waals surface area contributed by atoms with Crippen molar-refractivity contribution in [2.24, 2.45) is 22.9 Å². The predicted octanol–water partition coefficient (Wildman–Crippen LogP) is -14.4. The maximum Gasteiger partial charge on any atom is 2.00 e. The first kappa shape index (κ1) is 46.5. The summed E-state index contributed by atoms with van der Waals surface area (Å²) in [4.78, 5) is 3.96. The molecule has 0 bridgehead atoms. The van der Waals surface area contributed by atoms with E-state index < -0.39 is 20.5 Å². The SMILES string of the molecule is NCCN(CCN)CC[O-].NCCN(CCN)CC[O-].[O-][Cl+3]([O-])([O-])[O-].[O-][Cl+3]([O-])([O-])[O-].[Zn+2].[Zn+2]. The number of nitrogens with two attached hydrogens (primary N) is 4. The van der Waals surface area contributed by atoms with Gasteiger partial charge < -0.3 is 42.9 Å². The van der Waals surface area contributed by atoms with E-state index in [1.807, 2.05) is 9.80 Å². The summed E-state index contributed by atoms with van der Waals surface area (Å²) in [6, 6.07) is 0. The zero-order valence-electron chi connectivity index (χ0n) is 17.9. The first-order valence-electron chi connectivity index (χ1n) is 8.34. The molecule has 16 nitrogen and oxygen atoms in total. The molecule has 188 valence electrons. The van der Waals surface area contributed by atoms with Gasteiger partial charge in [-0.2, -0.15) is 0 Å². The van der Waals surface area contributed by atoms with Gasteiger partial charge in [-0.05, 0) is 13.1 Å². The van der Waals surface area contributed by atoms with Crippen LogP contribution in [-0.2, 0) is 39.0 Å². The Bertz CT molecular complexity index is 269. The maximum atomic E-state index is 10.2. The third-order valence-corrected chi connectivity index (χ3v) is 2.60. The van der Waals surface area contributed by atoms with Crippen LogP contribution in [0.15, 0.2) is 0 Å². The second-order valence-electron chi connectivity index (χ2n) is 5.00. The molecule has 0 saturated carbocycles. The molecular formula is C12H32Cl2N6O10Zn2. The Kier molecular flexibility index (Phi) is 46.8. The summed E-state index contributed by atoms with van der Waals surface area (Å²) in [6.07, 6.45) is 0. The number of hydrogen-bond acceptors (Lipinski definition) is 16. The van der Waals surface area contributed by atoms with Gasteiger partial charge >= 0.3 is 39.0 Å². The van der Waals surface area contributed by atoms with Gasteiger partial charge in [0.25, 0.3) is 0 Å². The van der Waals surface area contributed by atoms with Crippen molar-refractivity contribution in [1.29, 1.82) is 0 Å². The Morgan fingerprint density at radius 1 is 0.438 bits per heavy atom. The molecule has 0 fully saturated rings. The van der Waals surface area contributed by atoms with E-state index in [2.05, 4.69) is 0 Å². The number of nitrogens with zero attached hydrogens (tertiary/aromatic N) is 2. The van der Waals surface area contributed by atoms with Gasteiger partial charge in [0.2, 0.25) is 0 Å². The van der Waals surface area contributed by atoms with Gasteiger partial charge in [0.15, 0.2) is 0 Å². The summed E-state index contributed by atoms with van der Waals surface area (Å²) in [5.74, 6) is 0. The van der Waals surface area contributed by atoms with E-state index in [-0.39, 0.29) is 52.2 Å². The predicted molar refractivity (Wildman–Crippen MR) is 78.8 cm³/mol. The molecule has 0 radical (unpaired) electrons. The van der Waals surface area contributed by atoms with Crippen LogP contribution < -0.4 is 70.4 Å². The van der Waals surface area contributed by atoms with Crippen molar-refractivity contribution in [3.8, 4) is 0 Å². The molecule has 0 aromatic carbocycles. The van der Waals surface area contributed by atoms with Gasteiger partial charge in [0, 0.05) is 52.4 Å². The molecule has 0 rings (SSSR count). The fraction of sp³-hybridized carbons (Fsp3) is 1.00. The minimum atomic E-state index is -4.94. The average Bonchev–Trinajstić information content (AvgIpc) is 2.54. The maximum absolute atomic E-state index is 10.2. The van der Waals surface area contributed by atoms with Crippen molar-refractivity contribution in [2.45, 2.75) is 0 Å². The Hall–Kier alpha value is 1.19. The van der Waals surface area contributed by atoms with Crippen LogP contribution in [0, 0.1) is 20.5 Å². The standard InChI is InChI=1S/2C6H16N3O.2ClHO4.2Zn/c2*7-1-3-9(4-2-8)5-6-10;2*2-1(3,4)5;;/h2*1-8H2;2*(H,2,3,4,5);;/q2*-1;;;2*+2/p-2. The van der Waals surface area contributed by atoms with Gasteiger partial charge in [-0.15, -0.1) is 33.7 Å². The summed E-state index contributed by atoms with van der Waals surface area (Å²) >= 11 is 0. The molecule has 0 amide bonds. The van der Waals surface area contributed by atoms with Crippen LogP contribution in [0.2, 0.25) is 0 Å². The average molecular weight is 622 g/mol. The molecular weight excluding hydrogens is 590 g/mol. The normalized spacial score (nSPS) is 10.5. The van der Waals surface area contributed by atoms with Crippen molar-refractivity contribution in [3.05, 3.63) is 0 Å². The van der Waals surface area contributed by atoms with Gasteiger partial charge in [-0.25, -0.2) is 37.3 Å². The molecule has 0 aromatic heterocycles. The molecule has 0 unspecified atom stereocenters.